The predicted octanol–water partition coefficient (Wildman–Crippen LogP) is 2.74. The topological polar surface area (TPSA) is 62.7 Å². The van der Waals surface area contributed by atoms with Crippen LogP contribution >= 0.6 is 11.3 Å². The van der Waals surface area contributed by atoms with E-state index >= 15 is 0 Å². The molecule has 1 fully saturated rings. The molecule has 5 nitrogen and oxygen atoms in total. The van der Waals surface area contributed by atoms with Crippen molar-refractivity contribution < 1.29 is 14.6 Å². The van der Waals surface area contributed by atoms with E-state index in [-0.39, 0.29) is 11.8 Å². The average molecular weight is 332 g/mol. The van der Waals surface area contributed by atoms with Crippen molar-refractivity contribution in [2.75, 3.05) is 20.2 Å². The molecule has 1 unspecified atom stereocenters. The minimum absolute atomic E-state index is 0.0760. The summed E-state index contributed by atoms with van der Waals surface area (Å²) in [6.07, 6.45) is 2.75. The molecule has 122 valence electrons. The number of piperidine rings is 1. The molecule has 23 heavy (non-hydrogen) atoms. The number of aromatic nitrogens is 1. The summed E-state index contributed by atoms with van der Waals surface area (Å²) in [6, 6.07) is 7.30. The Morgan fingerprint density at radius 3 is 2.87 bits per heavy atom. The lowest BCUT2D eigenvalue weighted by Gasteiger charge is -2.33. The van der Waals surface area contributed by atoms with Gasteiger partial charge in [-0.15, -0.1) is 11.3 Å². The van der Waals surface area contributed by atoms with Gasteiger partial charge in [0, 0.05) is 30.2 Å². The standard InChI is InChI=1S/C17H20N2O3S/c1-22-13-4-7-18-14(11-13)17(21)19-8-5-12(6-9-19)16(20)15-3-2-10-23-15/h2-4,7,10-12,16,20H,5-6,8-9H2,1H3. The molecular weight excluding hydrogens is 312 g/mol. The lowest BCUT2D eigenvalue weighted by Crippen LogP contribution is -2.40. The van der Waals surface area contributed by atoms with E-state index in [0.29, 0.717) is 24.5 Å². The molecule has 0 aliphatic carbocycles. The summed E-state index contributed by atoms with van der Waals surface area (Å²) >= 11 is 1.58. The molecule has 0 bridgehead atoms. The van der Waals surface area contributed by atoms with Gasteiger partial charge in [0.25, 0.3) is 5.91 Å². The zero-order valence-corrected chi connectivity index (χ0v) is 13.8. The summed E-state index contributed by atoms with van der Waals surface area (Å²) in [5.41, 5.74) is 0.404. The van der Waals surface area contributed by atoms with E-state index in [4.69, 9.17) is 4.74 Å². The molecule has 1 aliphatic heterocycles. The van der Waals surface area contributed by atoms with Crippen molar-refractivity contribution in [1.82, 2.24) is 9.88 Å². The molecule has 1 N–H and O–H groups in total. The first-order chi connectivity index (χ1) is 11.2. The number of hydrogen-bond donors (Lipinski definition) is 1. The zero-order valence-electron chi connectivity index (χ0n) is 13.0. The molecule has 2 aromatic heterocycles. The van der Waals surface area contributed by atoms with Gasteiger partial charge in [-0.2, -0.15) is 0 Å². The van der Waals surface area contributed by atoms with Crippen LogP contribution in [-0.4, -0.2) is 41.1 Å². The van der Waals surface area contributed by atoms with Gasteiger partial charge in [-0.25, -0.2) is 0 Å². The van der Waals surface area contributed by atoms with E-state index in [1.165, 1.54) is 0 Å². The number of carbonyl (C=O) groups excluding carboxylic acids is 1. The number of likely N-dealkylation sites (tertiary alicyclic amines) is 1. The third-order valence-electron chi connectivity index (χ3n) is 4.29. The fourth-order valence-electron chi connectivity index (χ4n) is 2.93. The van der Waals surface area contributed by atoms with Crippen LogP contribution in [0.1, 0.15) is 34.3 Å². The highest BCUT2D eigenvalue weighted by Crippen LogP contribution is 2.33. The van der Waals surface area contributed by atoms with Crippen LogP contribution in [0.2, 0.25) is 0 Å². The Kier molecular flexibility index (Phi) is 4.93. The van der Waals surface area contributed by atoms with Gasteiger partial charge in [0.05, 0.1) is 13.2 Å². The van der Waals surface area contributed by atoms with Crippen molar-refractivity contribution in [2.24, 2.45) is 5.92 Å². The van der Waals surface area contributed by atoms with Gasteiger partial charge < -0.3 is 14.7 Å². The second-order valence-corrected chi connectivity index (χ2v) is 6.65. The molecule has 2 aromatic rings. The zero-order chi connectivity index (χ0) is 16.2. The van der Waals surface area contributed by atoms with E-state index in [0.717, 1.165) is 17.7 Å². The first-order valence-corrected chi connectivity index (χ1v) is 8.58. The van der Waals surface area contributed by atoms with E-state index in [2.05, 4.69) is 4.98 Å². The van der Waals surface area contributed by atoms with E-state index in [9.17, 15) is 9.90 Å². The highest BCUT2D eigenvalue weighted by atomic mass is 32.1. The molecule has 3 heterocycles. The quantitative estimate of drug-likeness (QED) is 0.935. The van der Waals surface area contributed by atoms with Gasteiger partial charge in [0.1, 0.15) is 11.4 Å². The van der Waals surface area contributed by atoms with Gasteiger partial charge in [-0.3, -0.25) is 9.78 Å². The van der Waals surface area contributed by atoms with Crippen LogP contribution in [0.3, 0.4) is 0 Å². The highest BCUT2D eigenvalue weighted by molar-refractivity contribution is 7.10. The summed E-state index contributed by atoms with van der Waals surface area (Å²) in [7, 11) is 1.57. The van der Waals surface area contributed by atoms with Gasteiger partial charge in [0.2, 0.25) is 0 Å². The Balaban J connectivity index is 1.61. The summed E-state index contributed by atoms with van der Waals surface area (Å²) < 4.78 is 5.14. The number of aliphatic hydroxyl groups excluding tert-OH is 1. The summed E-state index contributed by atoms with van der Waals surface area (Å²) in [6.45, 7) is 1.29. The van der Waals surface area contributed by atoms with Crippen LogP contribution in [0.15, 0.2) is 35.8 Å². The fraction of sp³-hybridized carbons (Fsp3) is 0.412. The molecule has 1 amide bonds. The van der Waals surface area contributed by atoms with Crippen LogP contribution in [0.25, 0.3) is 0 Å². The van der Waals surface area contributed by atoms with E-state index in [1.54, 1.807) is 41.7 Å². The van der Waals surface area contributed by atoms with Crippen molar-refractivity contribution in [1.29, 1.82) is 0 Å². The second-order valence-electron chi connectivity index (χ2n) is 5.67. The molecule has 0 aromatic carbocycles. The smallest absolute Gasteiger partial charge is 0.272 e. The maximum Gasteiger partial charge on any atom is 0.272 e. The van der Waals surface area contributed by atoms with Gasteiger partial charge >= 0.3 is 0 Å². The minimum Gasteiger partial charge on any atom is -0.497 e. The first kappa shape index (κ1) is 16.0. The summed E-state index contributed by atoms with van der Waals surface area (Å²) in [5.74, 6) is 0.760. The Bertz CT molecular complexity index is 652. The van der Waals surface area contributed by atoms with Crippen LogP contribution in [-0.2, 0) is 0 Å². The van der Waals surface area contributed by atoms with Crippen LogP contribution in [0.4, 0.5) is 0 Å². The van der Waals surface area contributed by atoms with Crippen molar-refractivity contribution in [3.05, 3.63) is 46.4 Å². The molecule has 1 atom stereocenters. The molecule has 1 saturated heterocycles. The fourth-order valence-corrected chi connectivity index (χ4v) is 3.73. The monoisotopic (exact) mass is 332 g/mol. The van der Waals surface area contributed by atoms with Crippen LogP contribution < -0.4 is 4.74 Å². The maximum atomic E-state index is 12.5. The number of pyridine rings is 1. The van der Waals surface area contributed by atoms with Crippen molar-refractivity contribution >= 4 is 17.2 Å². The molecule has 0 spiro atoms. The number of amides is 1. The lowest BCUT2D eigenvalue weighted by molar-refractivity contribution is 0.0470. The van der Waals surface area contributed by atoms with Crippen molar-refractivity contribution in [3.8, 4) is 5.75 Å². The van der Waals surface area contributed by atoms with E-state index in [1.807, 2.05) is 17.5 Å². The number of hydrogen-bond acceptors (Lipinski definition) is 5. The number of thiophene rings is 1. The SMILES string of the molecule is COc1ccnc(C(=O)N2CCC(C(O)c3cccs3)CC2)c1. The number of aliphatic hydroxyl groups is 1. The average Bonchev–Trinajstić information content (AvgIpc) is 3.15. The number of ether oxygens (including phenoxy) is 1. The Morgan fingerprint density at radius 2 is 2.22 bits per heavy atom. The van der Waals surface area contributed by atoms with Gasteiger partial charge in [-0.1, -0.05) is 6.07 Å². The molecular formula is C17H20N2O3S. The third-order valence-corrected chi connectivity index (χ3v) is 5.24. The first-order valence-electron chi connectivity index (χ1n) is 7.70. The number of methoxy groups -OCH3 is 1. The molecule has 0 radical (unpaired) electrons. The predicted molar refractivity (Wildman–Crippen MR) is 88.7 cm³/mol. The highest BCUT2D eigenvalue weighted by Gasteiger charge is 2.29. The maximum absolute atomic E-state index is 12.5. The second kappa shape index (κ2) is 7.10. The lowest BCUT2D eigenvalue weighted by atomic mass is 9.90. The summed E-state index contributed by atoms with van der Waals surface area (Å²) in [5, 5.41) is 12.4. The Labute approximate surface area is 139 Å². The Hall–Kier alpha value is -1.92. The van der Waals surface area contributed by atoms with E-state index < -0.39 is 6.10 Å². The molecule has 1 aliphatic rings. The number of nitrogens with zero attached hydrogens (tertiary/aromatic N) is 2. The minimum atomic E-state index is -0.429. The number of carbonyl (C=O) groups is 1. The summed E-state index contributed by atoms with van der Waals surface area (Å²) in [4.78, 5) is 19.5. The van der Waals surface area contributed by atoms with Gasteiger partial charge in [-0.05, 0) is 36.3 Å². The number of rotatable bonds is 4. The normalized spacial score (nSPS) is 17.0. The third kappa shape index (κ3) is 3.54. The molecule has 0 saturated carbocycles. The van der Waals surface area contributed by atoms with Crippen molar-refractivity contribution in [3.63, 3.8) is 0 Å². The molecule has 3 rings (SSSR count). The Morgan fingerprint density at radius 1 is 1.43 bits per heavy atom. The van der Waals surface area contributed by atoms with Crippen LogP contribution in [0.5, 0.6) is 5.75 Å². The molecule has 6 heteroatoms. The van der Waals surface area contributed by atoms with Crippen LogP contribution in [0, 0.1) is 5.92 Å². The van der Waals surface area contributed by atoms with Gasteiger partial charge in [0.15, 0.2) is 0 Å². The van der Waals surface area contributed by atoms with Crippen molar-refractivity contribution in [2.45, 2.75) is 18.9 Å². The largest absolute Gasteiger partial charge is 0.497 e.